The second-order valence-electron chi connectivity index (χ2n) is 8.52. The maximum absolute atomic E-state index is 12.0. The second kappa shape index (κ2) is 11.4. The van der Waals surface area contributed by atoms with Crippen LogP contribution in [0.5, 0.6) is 0 Å². The van der Waals surface area contributed by atoms with E-state index in [1.807, 2.05) is 0 Å². The highest BCUT2D eigenvalue weighted by molar-refractivity contribution is 14.0. The number of likely N-dealkylation sites (tertiary alicyclic amines) is 2. The molecule has 6 nitrogen and oxygen atoms in total. The van der Waals surface area contributed by atoms with Crippen molar-refractivity contribution in [3.8, 4) is 0 Å². The number of piperidine rings is 1. The maximum atomic E-state index is 12.0. The molecule has 27 heavy (non-hydrogen) atoms. The van der Waals surface area contributed by atoms with Gasteiger partial charge in [0, 0.05) is 39.8 Å². The van der Waals surface area contributed by atoms with Gasteiger partial charge in [0.1, 0.15) is 6.54 Å². The molecule has 1 amide bonds. The Kier molecular flexibility index (Phi) is 9.62. The van der Waals surface area contributed by atoms with Gasteiger partial charge in [-0.1, -0.05) is 19.3 Å². The van der Waals surface area contributed by atoms with Crippen molar-refractivity contribution in [2.45, 2.75) is 57.4 Å². The van der Waals surface area contributed by atoms with Crippen LogP contribution < -0.4 is 5.32 Å². The van der Waals surface area contributed by atoms with E-state index in [9.17, 15) is 4.79 Å². The summed E-state index contributed by atoms with van der Waals surface area (Å²) in [5.41, 5.74) is 0. The lowest BCUT2D eigenvalue weighted by Crippen LogP contribution is -2.45. The molecule has 0 aromatic carbocycles. The van der Waals surface area contributed by atoms with E-state index in [0.29, 0.717) is 6.04 Å². The van der Waals surface area contributed by atoms with E-state index >= 15 is 0 Å². The Morgan fingerprint density at radius 2 is 1.74 bits per heavy atom. The van der Waals surface area contributed by atoms with Gasteiger partial charge in [-0.2, -0.15) is 0 Å². The highest BCUT2D eigenvalue weighted by atomic mass is 127. The fourth-order valence-electron chi connectivity index (χ4n) is 4.45. The van der Waals surface area contributed by atoms with Crippen LogP contribution in [0, 0.1) is 5.92 Å². The Bertz CT molecular complexity index is 487. The summed E-state index contributed by atoms with van der Waals surface area (Å²) in [5, 5.41) is 3.67. The van der Waals surface area contributed by atoms with E-state index in [4.69, 9.17) is 4.99 Å². The SMILES string of the molecule is CN(C)C(=O)CN=C(NC1CCCC1)N1CCC(CN2CCCCC2)C1.I. The van der Waals surface area contributed by atoms with Gasteiger partial charge in [0.15, 0.2) is 5.96 Å². The molecule has 0 aromatic rings. The number of likely N-dealkylation sites (N-methyl/N-ethyl adjacent to an activating group) is 1. The molecule has 1 aliphatic carbocycles. The average Bonchev–Trinajstić information content (AvgIpc) is 3.31. The van der Waals surface area contributed by atoms with Gasteiger partial charge < -0.3 is 20.0 Å². The zero-order valence-corrected chi connectivity index (χ0v) is 19.5. The standard InChI is InChI=1S/C20H37N5O.HI/c1-23(2)19(26)14-21-20(22-18-8-4-5-9-18)25-13-10-17(16-25)15-24-11-6-3-7-12-24;/h17-18H,3-16H2,1-2H3,(H,21,22);1H. The highest BCUT2D eigenvalue weighted by Crippen LogP contribution is 2.22. The Morgan fingerprint density at radius 1 is 1.04 bits per heavy atom. The molecule has 3 aliphatic rings. The molecule has 7 heteroatoms. The Labute approximate surface area is 182 Å². The molecule has 2 aliphatic heterocycles. The summed E-state index contributed by atoms with van der Waals surface area (Å²) in [4.78, 5) is 23.4. The van der Waals surface area contributed by atoms with Crippen LogP contribution in [0.2, 0.25) is 0 Å². The van der Waals surface area contributed by atoms with Gasteiger partial charge in [-0.05, 0) is 51.1 Å². The van der Waals surface area contributed by atoms with Gasteiger partial charge in [-0.25, -0.2) is 4.99 Å². The quantitative estimate of drug-likeness (QED) is 0.365. The average molecular weight is 491 g/mol. The number of carbonyl (C=O) groups is 1. The first kappa shape index (κ1) is 22.7. The second-order valence-corrected chi connectivity index (χ2v) is 8.52. The first-order valence-corrected chi connectivity index (χ1v) is 10.6. The van der Waals surface area contributed by atoms with Gasteiger partial charge in [-0.15, -0.1) is 24.0 Å². The van der Waals surface area contributed by atoms with Crippen LogP contribution in [0.4, 0.5) is 0 Å². The monoisotopic (exact) mass is 491 g/mol. The van der Waals surface area contributed by atoms with Gasteiger partial charge in [0.05, 0.1) is 0 Å². The third kappa shape index (κ3) is 7.07. The van der Waals surface area contributed by atoms with Crippen LogP contribution in [-0.2, 0) is 4.79 Å². The summed E-state index contributed by atoms with van der Waals surface area (Å²) in [5.74, 6) is 1.77. The number of hydrogen-bond acceptors (Lipinski definition) is 3. The van der Waals surface area contributed by atoms with E-state index in [1.54, 1.807) is 19.0 Å². The molecule has 0 radical (unpaired) electrons. The number of guanidine groups is 1. The number of carbonyl (C=O) groups excluding carboxylic acids is 1. The summed E-state index contributed by atoms with van der Waals surface area (Å²) in [7, 11) is 3.60. The number of amides is 1. The van der Waals surface area contributed by atoms with Gasteiger partial charge in [0.2, 0.25) is 5.91 Å². The zero-order valence-electron chi connectivity index (χ0n) is 17.2. The third-order valence-corrected chi connectivity index (χ3v) is 6.10. The maximum Gasteiger partial charge on any atom is 0.243 e. The fraction of sp³-hybridized carbons (Fsp3) is 0.900. The highest BCUT2D eigenvalue weighted by Gasteiger charge is 2.28. The third-order valence-electron chi connectivity index (χ3n) is 6.10. The first-order valence-electron chi connectivity index (χ1n) is 10.6. The van der Waals surface area contributed by atoms with E-state index < -0.39 is 0 Å². The molecule has 3 rings (SSSR count). The molecule has 3 fully saturated rings. The lowest BCUT2D eigenvalue weighted by molar-refractivity contribution is -0.127. The molecule has 0 aromatic heterocycles. The molecular formula is C20H38IN5O. The minimum atomic E-state index is 0. The largest absolute Gasteiger partial charge is 0.353 e. The molecule has 2 heterocycles. The normalized spacial score (nSPS) is 24.7. The Hall–Kier alpha value is -0.570. The van der Waals surface area contributed by atoms with Crippen LogP contribution in [0.1, 0.15) is 51.4 Å². The lowest BCUT2D eigenvalue weighted by atomic mass is 10.1. The number of rotatable bonds is 5. The van der Waals surface area contributed by atoms with Crippen LogP contribution in [0.25, 0.3) is 0 Å². The van der Waals surface area contributed by atoms with Crippen molar-refractivity contribution in [2.75, 3.05) is 53.4 Å². The molecular weight excluding hydrogens is 453 g/mol. The molecule has 0 bridgehead atoms. The van der Waals surface area contributed by atoms with Crippen molar-refractivity contribution in [3.05, 3.63) is 0 Å². The number of aliphatic imine (C=N–C) groups is 1. The van der Waals surface area contributed by atoms with Crippen LogP contribution in [0.3, 0.4) is 0 Å². The van der Waals surface area contributed by atoms with Gasteiger partial charge in [-0.3, -0.25) is 4.79 Å². The minimum absolute atomic E-state index is 0. The van der Waals surface area contributed by atoms with Crippen LogP contribution in [-0.4, -0.2) is 86.0 Å². The minimum Gasteiger partial charge on any atom is -0.353 e. The topological polar surface area (TPSA) is 51.2 Å². The predicted octanol–water partition coefficient (Wildman–Crippen LogP) is 2.39. The number of nitrogens with one attached hydrogen (secondary N) is 1. The summed E-state index contributed by atoms with van der Waals surface area (Å²) in [6, 6.07) is 0.532. The predicted molar refractivity (Wildman–Crippen MR) is 122 cm³/mol. The van der Waals surface area contributed by atoms with Gasteiger partial charge in [0.25, 0.3) is 0 Å². The first-order chi connectivity index (χ1) is 12.6. The van der Waals surface area contributed by atoms with Crippen molar-refractivity contribution >= 4 is 35.8 Å². The van der Waals surface area contributed by atoms with E-state index in [0.717, 1.165) is 25.0 Å². The van der Waals surface area contributed by atoms with Crippen molar-refractivity contribution < 1.29 is 4.79 Å². The molecule has 1 unspecified atom stereocenters. The smallest absolute Gasteiger partial charge is 0.243 e. The van der Waals surface area contributed by atoms with Crippen molar-refractivity contribution in [1.29, 1.82) is 0 Å². The van der Waals surface area contributed by atoms with E-state index in [-0.39, 0.29) is 36.4 Å². The molecule has 1 saturated carbocycles. The molecule has 1 atom stereocenters. The van der Waals surface area contributed by atoms with Crippen molar-refractivity contribution in [2.24, 2.45) is 10.9 Å². The number of hydrogen-bond donors (Lipinski definition) is 1. The van der Waals surface area contributed by atoms with E-state index in [2.05, 4.69) is 15.1 Å². The Balaban J connectivity index is 0.00000261. The fourth-order valence-corrected chi connectivity index (χ4v) is 4.45. The molecule has 156 valence electrons. The summed E-state index contributed by atoms with van der Waals surface area (Å²) < 4.78 is 0. The number of halogens is 1. The summed E-state index contributed by atoms with van der Waals surface area (Å²) in [6.07, 6.45) is 10.4. The zero-order chi connectivity index (χ0) is 18.4. The van der Waals surface area contributed by atoms with Gasteiger partial charge >= 0.3 is 0 Å². The summed E-state index contributed by atoms with van der Waals surface area (Å²) >= 11 is 0. The molecule has 0 spiro atoms. The Morgan fingerprint density at radius 3 is 2.41 bits per heavy atom. The van der Waals surface area contributed by atoms with Crippen molar-refractivity contribution in [3.63, 3.8) is 0 Å². The number of nitrogens with zero attached hydrogens (tertiary/aromatic N) is 4. The van der Waals surface area contributed by atoms with Crippen molar-refractivity contribution in [1.82, 2.24) is 20.0 Å². The molecule has 1 N–H and O–H groups in total. The van der Waals surface area contributed by atoms with Crippen LogP contribution in [0.15, 0.2) is 4.99 Å². The van der Waals surface area contributed by atoms with E-state index in [1.165, 1.54) is 71.0 Å². The summed E-state index contributed by atoms with van der Waals surface area (Å²) in [6.45, 7) is 6.15. The van der Waals surface area contributed by atoms with Crippen LogP contribution >= 0.6 is 24.0 Å². The lowest BCUT2D eigenvalue weighted by Gasteiger charge is -2.29. The molecule has 2 saturated heterocycles.